The first-order valence-electron chi connectivity index (χ1n) is 34.7. The number of rotatable bonds is 24. The van der Waals surface area contributed by atoms with Gasteiger partial charge in [0.15, 0.2) is 17.3 Å². The van der Waals surface area contributed by atoms with Crippen LogP contribution in [0.3, 0.4) is 0 Å². The number of para-hydroxylation sites is 3. The molecule has 5 unspecified atom stereocenters. The predicted molar refractivity (Wildman–Crippen MR) is 365 cm³/mol. The van der Waals surface area contributed by atoms with Crippen LogP contribution < -0.4 is 0 Å². The van der Waals surface area contributed by atoms with Gasteiger partial charge in [-0.15, -0.1) is 0 Å². The molecule has 482 valence electrons. The van der Waals surface area contributed by atoms with Gasteiger partial charge in [-0.05, 0) is 197 Å². The molecule has 6 aliphatic rings. The molecule has 13 heteroatoms. The van der Waals surface area contributed by atoms with Gasteiger partial charge < -0.3 is 28.4 Å². The largest absolute Gasteiger partial charge is 0.385 e. The van der Waals surface area contributed by atoms with Crippen LogP contribution in [0.5, 0.6) is 0 Å². The molecule has 0 amide bonds. The number of ether oxygens (including phenoxy) is 1. The third-order valence-corrected chi connectivity index (χ3v) is 21.4. The smallest absolute Gasteiger partial charge is 0.161 e. The highest BCUT2D eigenvalue weighted by atomic mass is 19.1. The van der Waals surface area contributed by atoms with Gasteiger partial charge in [-0.3, -0.25) is 29.1 Å². The molecular formula is C78H98FN7O5. The summed E-state index contributed by atoms with van der Waals surface area (Å²) in [6.07, 6.45) is 25.1. The van der Waals surface area contributed by atoms with Crippen LogP contribution in [0, 0.1) is 11.7 Å². The summed E-state index contributed by atoms with van der Waals surface area (Å²) in [7, 11) is 0. The highest BCUT2D eigenvalue weighted by Crippen LogP contribution is 2.46. The number of nitrogens with zero attached hydrogens (tertiary/aromatic N) is 7. The normalized spacial score (nSPS) is 23.1. The van der Waals surface area contributed by atoms with Crippen molar-refractivity contribution in [2.75, 3.05) is 52.4 Å². The summed E-state index contributed by atoms with van der Waals surface area (Å²) in [5.41, 5.74) is 7.39. The number of piperazine rings is 1. The molecule has 1 N–H and O–H groups in total. The molecule has 1 saturated carbocycles. The average Bonchev–Trinajstić information content (AvgIpc) is 1.80. The number of Topliss-reactive ketones (excluding diaryl/α,β-unsaturated/α-hetero) is 3. The number of ketones is 3. The molecule has 8 heterocycles. The van der Waals surface area contributed by atoms with Crippen molar-refractivity contribution in [3.8, 4) is 0 Å². The van der Waals surface area contributed by atoms with Crippen molar-refractivity contribution >= 4 is 50.1 Å². The Morgan fingerprint density at radius 3 is 1.36 bits per heavy atom. The van der Waals surface area contributed by atoms with Crippen LogP contribution in [-0.2, 0) is 30.0 Å². The van der Waals surface area contributed by atoms with Gasteiger partial charge in [0.25, 0.3) is 0 Å². The van der Waals surface area contributed by atoms with Crippen LogP contribution in [0.2, 0.25) is 0 Å². The predicted octanol–water partition coefficient (Wildman–Crippen LogP) is 15.3. The van der Waals surface area contributed by atoms with Crippen LogP contribution in [0.15, 0.2) is 146 Å². The van der Waals surface area contributed by atoms with Crippen molar-refractivity contribution in [3.63, 3.8) is 0 Å². The van der Waals surface area contributed by atoms with Gasteiger partial charge in [0.2, 0.25) is 0 Å². The van der Waals surface area contributed by atoms with Gasteiger partial charge in [-0.2, -0.15) is 0 Å². The molecule has 4 bridgehead atoms. The summed E-state index contributed by atoms with van der Waals surface area (Å²) in [5, 5.41) is 14.5. The summed E-state index contributed by atoms with van der Waals surface area (Å²) < 4.78 is 26.3. The number of hydrogen-bond acceptors (Lipinski definition) is 9. The fourth-order valence-electron chi connectivity index (χ4n) is 16.2. The number of aliphatic hydroxyl groups is 1. The number of halogens is 1. The van der Waals surface area contributed by atoms with Crippen molar-refractivity contribution in [1.82, 2.24) is 33.3 Å². The van der Waals surface area contributed by atoms with E-state index < -0.39 is 5.60 Å². The maximum atomic E-state index is 13.3. The van der Waals surface area contributed by atoms with E-state index in [2.05, 4.69) is 119 Å². The Balaban J connectivity index is 0.000000132. The SMILES string of the molecule is CC(=O)c1cn(CCCCN2C3CCC2CC(O)(c2ccc(F)cc2)C3)c2ccccc12.CC(=O)c1cn(CCCCN2C3CCC2CC(OCC2CC2)C3)c2ccccc12.CC(=O)c1cn(CCCCN2CCN(C(C)c3ccccc3)CC2)c2ccccc12. The zero-order valence-electron chi connectivity index (χ0n) is 54.6. The molecule has 0 spiro atoms. The van der Waals surface area contributed by atoms with Crippen LogP contribution in [0.4, 0.5) is 4.39 Å². The minimum atomic E-state index is -0.844. The van der Waals surface area contributed by atoms with E-state index in [1.165, 1.54) is 86.6 Å². The molecule has 91 heavy (non-hydrogen) atoms. The van der Waals surface area contributed by atoms with Crippen molar-refractivity contribution in [2.24, 2.45) is 5.92 Å². The maximum Gasteiger partial charge on any atom is 0.161 e. The molecule has 12 nitrogen and oxygen atoms in total. The lowest BCUT2D eigenvalue weighted by molar-refractivity contribution is -0.0572. The second kappa shape index (κ2) is 29.6. The third-order valence-electron chi connectivity index (χ3n) is 21.4. The minimum Gasteiger partial charge on any atom is -0.385 e. The lowest BCUT2D eigenvalue weighted by Crippen LogP contribution is -2.49. The van der Waals surface area contributed by atoms with Crippen LogP contribution in [0.25, 0.3) is 32.7 Å². The van der Waals surface area contributed by atoms with Gasteiger partial charge in [0, 0.05) is 151 Å². The van der Waals surface area contributed by atoms with E-state index in [1.807, 2.05) is 42.7 Å². The van der Waals surface area contributed by atoms with Crippen LogP contribution in [0.1, 0.15) is 179 Å². The Labute approximate surface area is 539 Å². The number of aromatic nitrogens is 3. The Kier molecular flexibility index (Phi) is 21.0. The van der Waals surface area contributed by atoms with Gasteiger partial charge in [0.1, 0.15) is 5.82 Å². The average molecular weight is 1230 g/mol. The summed E-state index contributed by atoms with van der Waals surface area (Å²) in [5.74, 6) is 1.02. The Hall–Kier alpha value is -6.58. The Bertz CT molecular complexity index is 3700. The van der Waals surface area contributed by atoms with Crippen LogP contribution in [-0.4, -0.2) is 138 Å². The van der Waals surface area contributed by atoms with E-state index in [9.17, 15) is 23.9 Å². The van der Waals surface area contributed by atoms with E-state index in [1.54, 1.807) is 32.9 Å². The zero-order valence-corrected chi connectivity index (χ0v) is 54.6. The lowest BCUT2D eigenvalue weighted by atomic mass is 9.80. The number of unbranched alkanes of at least 4 members (excludes halogenated alkanes) is 3. The molecule has 5 saturated heterocycles. The molecule has 5 atom stereocenters. The van der Waals surface area contributed by atoms with Gasteiger partial charge in [-0.25, -0.2) is 4.39 Å². The van der Waals surface area contributed by atoms with E-state index in [4.69, 9.17) is 4.74 Å². The maximum absolute atomic E-state index is 13.3. The molecule has 6 fully saturated rings. The van der Waals surface area contributed by atoms with Crippen molar-refractivity contribution < 1.29 is 28.6 Å². The first-order chi connectivity index (χ1) is 44.3. The number of fused-ring (bicyclic) bond motifs is 7. The molecule has 3 aromatic heterocycles. The number of carbonyl (C=O) groups is 3. The fourth-order valence-corrected chi connectivity index (χ4v) is 16.2. The summed E-state index contributed by atoms with van der Waals surface area (Å²) >= 11 is 0. The second-order valence-electron chi connectivity index (χ2n) is 27.6. The molecule has 14 rings (SSSR count). The van der Waals surface area contributed by atoms with E-state index in [0.29, 0.717) is 24.2 Å². The zero-order chi connectivity index (χ0) is 63.0. The molecule has 8 aromatic rings. The number of benzene rings is 5. The highest BCUT2D eigenvalue weighted by molar-refractivity contribution is 6.08. The molecular weight excluding hydrogens is 1130 g/mol. The molecule has 1 aliphatic carbocycles. The Morgan fingerprint density at radius 1 is 0.505 bits per heavy atom. The molecule has 0 radical (unpaired) electrons. The number of carbonyl (C=O) groups excluding carboxylic acids is 3. The first-order valence-corrected chi connectivity index (χ1v) is 34.7. The Morgan fingerprint density at radius 2 is 0.912 bits per heavy atom. The number of hydrogen-bond donors (Lipinski definition) is 1. The third kappa shape index (κ3) is 15.4. The lowest BCUT2D eigenvalue weighted by Gasteiger charge is -2.44. The van der Waals surface area contributed by atoms with E-state index in [-0.39, 0.29) is 23.2 Å². The second-order valence-corrected chi connectivity index (χ2v) is 27.6. The summed E-state index contributed by atoms with van der Waals surface area (Å²) in [6.45, 7) is 19.1. The molecule has 5 aliphatic heterocycles. The van der Waals surface area contributed by atoms with Crippen LogP contribution >= 0.6 is 0 Å². The van der Waals surface area contributed by atoms with Crippen molar-refractivity contribution in [2.45, 2.75) is 192 Å². The van der Waals surface area contributed by atoms with E-state index >= 15 is 0 Å². The number of aryl methyl sites for hydroxylation is 3. The van der Waals surface area contributed by atoms with Crippen molar-refractivity contribution in [1.29, 1.82) is 0 Å². The van der Waals surface area contributed by atoms with Gasteiger partial charge in [-0.1, -0.05) is 97.1 Å². The highest BCUT2D eigenvalue weighted by Gasteiger charge is 2.48. The summed E-state index contributed by atoms with van der Waals surface area (Å²) in [4.78, 5) is 46.5. The minimum absolute atomic E-state index is 0.110. The van der Waals surface area contributed by atoms with Crippen molar-refractivity contribution in [3.05, 3.63) is 180 Å². The van der Waals surface area contributed by atoms with Gasteiger partial charge in [0.05, 0.1) is 11.7 Å². The number of piperidine rings is 2. The topological polar surface area (TPSA) is 108 Å². The van der Waals surface area contributed by atoms with Gasteiger partial charge >= 0.3 is 0 Å². The first kappa shape index (κ1) is 64.5. The quantitative estimate of drug-likeness (QED) is 0.0467. The van der Waals surface area contributed by atoms with E-state index in [0.717, 1.165) is 179 Å². The standard InChI is InChI=1S/C27H31FN2O2.C26H33N3O.C25H34N2O2/c1-19(31)25-18-29(26-7-3-2-6-24(25)26)14-4-5-15-30-22-12-13-23(30)17-27(32,16-22)20-8-10-21(28)11-9-20;1-21(23-10-4-3-5-11-23)28-18-16-27(17-19-28)14-8-9-15-29-20-25(22(2)30)24-12-6-7-13-26(24)29;1-18(28)24-16-26(25-7-3-2-6-23(24)25)12-4-5-13-27-20-10-11-21(27)15-22(14-20)29-17-19-8-9-19/h2-3,6-11,18,22-23,32H,4-5,12-17H2,1H3;3-7,10-13,20-21H,8-9,14-19H2,1-2H3;2-3,6-7,16,19-22H,4-5,8-15,17H2,1H3. The molecule has 5 aromatic carbocycles. The fraction of sp³-hybridized carbons (Fsp3) is 0.500. The monoisotopic (exact) mass is 1230 g/mol. The summed E-state index contributed by atoms with van der Waals surface area (Å²) in [6, 6.07) is 44.6.